The van der Waals surface area contributed by atoms with Gasteiger partial charge in [-0.2, -0.15) is 0 Å². The van der Waals surface area contributed by atoms with Crippen molar-refractivity contribution in [1.29, 1.82) is 0 Å². The monoisotopic (exact) mass is 820 g/mol. The van der Waals surface area contributed by atoms with Crippen LogP contribution in [0.15, 0.2) is 0 Å². The minimum absolute atomic E-state index is 0.634. The van der Waals surface area contributed by atoms with Crippen LogP contribution < -0.4 is 0 Å². The third-order valence-electron chi connectivity index (χ3n) is 14.3. The molecule has 0 amide bonds. The summed E-state index contributed by atoms with van der Waals surface area (Å²) in [6.07, 6.45) is 64.5. The zero-order valence-electron chi connectivity index (χ0n) is 42.1. The first-order valence-electron chi connectivity index (χ1n) is 27.5. The van der Waals surface area contributed by atoms with Crippen LogP contribution >= 0.6 is 7.26 Å². The first kappa shape index (κ1) is 57.4. The van der Waals surface area contributed by atoms with E-state index in [4.69, 9.17) is 0 Å². The van der Waals surface area contributed by atoms with Gasteiger partial charge >= 0.3 is 0 Å². The second-order valence-corrected chi connectivity index (χ2v) is 26.0. The second-order valence-electron chi connectivity index (χ2n) is 21.5. The Labute approximate surface area is 366 Å². The Morgan fingerprint density at radius 1 is 0.263 bits per heavy atom. The lowest BCUT2D eigenvalue weighted by atomic mass is 9.70. The van der Waals surface area contributed by atoms with E-state index in [1.807, 2.05) is 0 Å². The maximum Gasteiger partial charge on any atom is 0.0594 e. The van der Waals surface area contributed by atoms with E-state index in [-0.39, 0.29) is 0 Å². The smallest absolute Gasteiger partial charge is 0.0594 e. The molecule has 0 radical (unpaired) electrons. The van der Waals surface area contributed by atoms with Crippen LogP contribution in [0.3, 0.4) is 0 Å². The molecule has 0 aliphatic heterocycles. The van der Waals surface area contributed by atoms with E-state index in [1.165, 1.54) is 218 Å². The molecule has 0 spiro atoms. The van der Waals surface area contributed by atoms with E-state index in [1.54, 1.807) is 56.8 Å². The van der Waals surface area contributed by atoms with Crippen LogP contribution in [0.5, 0.6) is 0 Å². The molecule has 0 aliphatic carbocycles. The van der Waals surface area contributed by atoms with Crippen LogP contribution in [0.1, 0.15) is 313 Å². The second kappa shape index (κ2) is 41.8. The maximum atomic E-state index is 2.42. The summed E-state index contributed by atoms with van der Waals surface area (Å²) < 4.78 is 0. The third kappa shape index (κ3) is 37.9. The largest absolute Gasteiger partial charge is 0.0654 e. The lowest BCUT2D eigenvalue weighted by Gasteiger charge is -2.35. The highest BCUT2D eigenvalue weighted by Gasteiger charge is 2.35. The van der Waals surface area contributed by atoms with Gasteiger partial charge < -0.3 is 0 Å². The van der Waals surface area contributed by atoms with Gasteiger partial charge in [-0.15, -0.1) is 0 Å². The Bertz CT molecular complexity index is 708. The zero-order chi connectivity index (χ0) is 42.1. The topological polar surface area (TPSA) is 0 Å². The summed E-state index contributed by atoms with van der Waals surface area (Å²) >= 11 is 0. The summed E-state index contributed by atoms with van der Waals surface area (Å²) in [6.45, 7) is 21.7. The van der Waals surface area contributed by atoms with Gasteiger partial charge in [-0.3, -0.25) is 0 Å². The summed E-state index contributed by atoms with van der Waals surface area (Å²) in [4.78, 5) is 0. The van der Waals surface area contributed by atoms with Crippen molar-refractivity contribution in [2.45, 2.75) is 313 Å². The fourth-order valence-electron chi connectivity index (χ4n) is 10.3. The lowest BCUT2D eigenvalue weighted by molar-refractivity contribution is 0.171. The molecule has 0 nitrogen and oxygen atoms in total. The predicted molar refractivity (Wildman–Crippen MR) is 270 cm³/mol. The Balaban J connectivity index is 5.56. The fraction of sp³-hybridized carbons (Fsp3) is 1.00. The lowest BCUT2D eigenvalue weighted by Crippen LogP contribution is -2.22. The van der Waals surface area contributed by atoms with Crippen LogP contribution in [-0.2, 0) is 0 Å². The van der Waals surface area contributed by atoms with Gasteiger partial charge in [0.1, 0.15) is 0 Å². The van der Waals surface area contributed by atoms with Crippen LogP contribution in [0, 0.1) is 23.2 Å². The molecule has 0 bridgehead atoms. The molecular weight excluding hydrogens is 704 g/mol. The van der Waals surface area contributed by atoms with E-state index < -0.39 is 7.26 Å². The van der Waals surface area contributed by atoms with Crippen molar-refractivity contribution >= 4 is 7.26 Å². The van der Waals surface area contributed by atoms with Crippen molar-refractivity contribution in [2.24, 2.45) is 23.2 Å². The summed E-state index contributed by atoms with van der Waals surface area (Å²) in [5, 5.41) is 0. The van der Waals surface area contributed by atoms with E-state index in [2.05, 4.69) is 62.3 Å². The molecule has 0 saturated heterocycles. The van der Waals surface area contributed by atoms with Gasteiger partial charge in [0.15, 0.2) is 0 Å². The van der Waals surface area contributed by atoms with E-state index in [9.17, 15) is 0 Å². The Hall–Kier alpha value is 0.430. The van der Waals surface area contributed by atoms with Crippen molar-refractivity contribution in [3.05, 3.63) is 0 Å². The van der Waals surface area contributed by atoms with Gasteiger partial charge in [0.05, 0.1) is 24.6 Å². The minimum atomic E-state index is -0.838. The Kier molecular flexibility index (Phi) is 42.1. The normalized spacial score (nSPS) is 12.6. The summed E-state index contributed by atoms with van der Waals surface area (Å²) in [5.74, 6) is 2.60. The number of hydrogen-bond donors (Lipinski definition) is 0. The van der Waals surface area contributed by atoms with E-state index >= 15 is 0 Å². The van der Waals surface area contributed by atoms with Crippen LogP contribution in [0.2, 0.25) is 0 Å². The van der Waals surface area contributed by atoms with Crippen molar-refractivity contribution in [1.82, 2.24) is 0 Å². The molecule has 0 atom stereocenters. The number of hydrogen-bond acceptors (Lipinski definition) is 0. The molecule has 0 aromatic carbocycles. The van der Waals surface area contributed by atoms with E-state index in [0.717, 1.165) is 17.8 Å². The van der Waals surface area contributed by atoms with Gasteiger partial charge in [0.2, 0.25) is 0 Å². The maximum absolute atomic E-state index is 2.42. The van der Waals surface area contributed by atoms with Crippen LogP contribution in [0.25, 0.3) is 0 Å². The molecule has 0 aromatic rings. The number of unbranched alkanes of at least 4 members (excludes halogenated alkanes) is 25. The van der Waals surface area contributed by atoms with Gasteiger partial charge in [0, 0.05) is 7.26 Å². The highest BCUT2D eigenvalue weighted by Crippen LogP contribution is 2.61. The third-order valence-corrected chi connectivity index (χ3v) is 19.3. The van der Waals surface area contributed by atoms with Crippen molar-refractivity contribution in [3.63, 3.8) is 0 Å². The van der Waals surface area contributed by atoms with E-state index in [0.29, 0.717) is 5.41 Å². The van der Waals surface area contributed by atoms with Crippen LogP contribution in [0.4, 0.5) is 0 Å². The predicted octanol–water partition coefficient (Wildman–Crippen LogP) is 21.2. The molecule has 57 heavy (non-hydrogen) atoms. The molecular formula is C56H116P+. The molecule has 0 aliphatic rings. The molecule has 0 saturated carbocycles. The average Bonchev–Trinajstić information content (AvgIpc) is 3.17. The summed E-state index contributed by atoms with van der Waals surface area (Å²) in [5.41, 5.74) is 0.634. The molecule has 0 rings (SSSR count). The molecule has 0 unspecified atom stereocenters. The van der Waals surface area contributed by atoms with Crippen LogP contribution in [-0.4, -0.2) is 24.6 Å². The first-order valence-corrected chi connectivity index (χ1v) is 30.0. The standard InChI is InChI=1S/C56H116P/c1-10-13-16-19-20-21-22-23-24-25-26-40-51-57(49-38-17-14-11-2,50-39-18-15-12-3)52-41-30-37-48-56(45-34-27-31-42-53(4)5,46-35-28-32-43-54(6)7)47-36-29-33-44-55(8)9/h53-55H,10-52H2,1-9H3/q+1. The zero-order valence-corrected chi connectivity index (χ0v) is 43.0. The summed E-state index contributed by atoms with van der Waals surface area (Å²) in [6, 6.07) is 0. The molecule has 0 fully saturated rings. The molecule has 0 aromatic heterocycles. The van der Waals surface area contributed by atoms with Gasteiger partial charge in [-0.25, -0.2) is 0 Å². The van der Waals surface area contributed by atoms with Gasteiger partial charge in [-0.1, -0.05) is 236 Å². The molecule has 1 heteroatoms. The molecule has 344 valence electrons. The quantitative estimate of drug-likeness (QED) is 0.0424. The van der Waals surface area contributed by atoms with Crippen molar-refractivity contribution in [2.75, 3.05) is 24.6 Å². The first-order chi connectivity index (χ1) is 27.6. The summed E-state index contributed by atoms with van der Waals surface area (Å²) in [7, 11) is -0.838. The minimum Gasteiger partial charge on any atom is -0.0654 e. The number of rotatable bonds is 47. The Morgan fingerprint density at radius 3 is 0.737 bits per heavy atom. The average molecular weight is 821 g/mol. The highest BCUT2D eigenvalue weighted by molar-refractivity contribution is 7.75. The van der Waals surface area contributed by atoms with Crippen molar-refractivity contribution in [3.8, 4) is 0 Å². The van der Waals surface area contributed by atoms with Crippen molar-refractivity contribution < 1.29 is 0 Å². The van der Waals surface area contributed by atoms with Gasteiger partial charge in [0.25, 0.3) is 0 Å². The molecule has 0 heterocycles. The van der Waals surface area contributed by atoms with Gasteiger partial charge in [-0.05, 0) is 100 Å². The molecule has 0 N–H and O–H groups in total. The highest BCUT2D eigenvalue weighted by atomic mass is 31.2. The SMILES string of the molecule is CCCCCCCCCCCCCC[P+](CCCCCC)(CCCCCC)CCCCCC(CCCCCC(C)C)(CCCCCC(C)C)CCCCCC(C)C. The fourth-order valence-corrected chi connectivity index (χ4v) is 15.2. The Morgan fingerprint density at radius 2 is 0.474 bits per heavy atom.